The summed E-state index contributed by atoms with van der Waals surface area (Å²) in [6, 6.07) is 29.6. The van der Waals surface area contributed by atoms with Gasteiger partial charge < -0.3 is 9.84 Å². The monoisotopic (exact) mass is 521 g/mol. The van der Waals surface area contributed by atoms with Gasteiger partial charge in [-0.15, -0.1) is 17.3 Å². The molecule has 0 saturated heterocycles. The van der Waals surface area contributed by atoms with Crippen LogP contribution in [-0.2, 0) is 24.4 Å². The van der Waals surface area contributed by atoms with Crippen LogP contribution in [0, 0.1) is 11.8 Å². The van der Waals surface area contributed by atoms with Gasteiger partial charge in [0.15, 0.2) is 0 Å². The largest absolute Gasteiger partial charge is 0.489 e. The van der Waals surface area contributed by atoms with Crippen molar-refractivity contribution in [3.05, 3.63) is 123 Å². The van der Waals surface area contributed by atoms with E-state index in [-0.39, 0.29) is 18.4 Å². The molecule has 38 heavy (non-hydrogen) atoms. The molecule has 0 spiro atoms. The van der Waals surface area contributed by atoms with Crippen molar-refractivity contribution in [2.24, 2.45) is 0 Å². The lowest BCUT2D eigenvalue weighted by Gasteiger charge is -2.36. The molecule has 1 aliphatic rings. The highest BCUT2D eigenvalue weighted by Crippen LogP contribution is 2.38. The van der Waals surface area contributed by atoms with Crippen LogP contribution in [0.2, 0.25) is 0 Å². The van der Waals surface area contributed by atoms with Gasteiger partial charge in [0.25, 0.3) is 0 Å². The molecule has 1 aromatic heterocycles. The number of hydrogen-bond acceptors (Lipinski definition) is 4. The molecule has 0 aliphatic carbocycles. The summed E-state index contributed by atoms with van der Waals surface area (Å²) in [5.74, 6) is 5.41. The third-order valence-electron chi connectivity index (χ3n) is 6.94. The fourth-order valence-electron chi connectivity index (χ4n) is 5.18. The summed E-state index contributed by atoms with van der Waals surface area (Å²) in [4.78, 5) is 15.3. The fourth-order valence-corrected chi connectivity index (χ4v) is 6.08. The highest BCUT2D eigenvalue weighted by molar-refractivity contribution is 7.10. The average Bonchev–Trinajstić information content (AvgIpc) is 3.41. The number of ether oxygens (including phenoxy) is 1. The molecular formula is C33H31NO3S. The molecule has 1 aliphatic heterocycles. The van der Waals surface area contributed by atoms with Crippen LogP contribution in [0.25, 0.3) is 0 Å². The van der Waals surface area contributed by atoms with Gasteiger partial charge in [0, 0.05) is 18.0 Å². The lowest BCUT2D eigenvalue weighted by atomic mass is 9.93. The molecule has 0 bridgehead atoms. The molecule has 3 aromatic carbocycles. The molecule has 4 nitrogen and oxygen atoms in total. The molecular weight excluding hydrogens is 490 g/mol. The molecule has 2 atom stereocenters. The van der Waals surface area contributed by atoms with Crippen molar-refractivity contribution in [2.75, 3.05) is 6.54 Å². The second-order valence-corrected chi connectivity index (χ2v) is 10.6. The van der Waals surface area contributed by atoms with Crippen LogP contribution in [-0.4, -0.2) is 22.5 Å². The maximum atomic E-state index is 11.2. The smallest absolute Gasteiger partial charge is 0.304 e. The van der Waals surface area contributed by atoms with E-state index in [1.165, 1.54) is 21.6 Å². The van der Waals surface area contributed by atoms with E-state index in [4.69, 9.17) is 4.74 Å². The summed E-state index contributed by atoms with van der Waals surface area (Å²) in [7, 11) is 0. The van der Waals surface area contributed by atoms with Gasteiger partial charge >= 0.3 is 5.97 Å². The van der Waals surface area contributed by atoms with E-state index >= 15 is 0 Å². The molecule has 4 aromatic rings. The first-order valence-corrected chi connectivity index (χ1v) is 13.8. The van der Waals surface area contributed by atoms with Gasteiger partial charge in [0.1, 0.15) is 12.4 Å². The van der Waals surface area contributed by atoms with Gasteiger partial charge in [0.05, 0.1) is 18.4 Å². The molecule has 0 amide bonds. The Morgan fingerprint density at radius 2 is 1.84 bits per heavy atom. The summed E-state index contributed by atoms with van der Waals surface area (Å²) in [6.07, 6.45) is 1.08. The van der Waals surface area contributed by atoms with Gasteiger partial charge in [-0.1, -0.05) is 72.7 Å². The Labute approximate surface area is 228 Å². The maximum absolute atomic E-state index is 11.2. The molecule has 0 radical (unpaired) electrons. The topological polar surface area (TPSA) is 49.8 Å². The van der Waals surface area contributed by atoms with Crippen molar-refractivity contribution in [3.63, 3.8) is 0 Å². The average molecular weight is 522 g/mol. The Morgan fingerprint density at radius 1 is 1.05 bits per heavy atom. The predicted octanol–water partition coefficient (Wildman–Crippen LogP) is 7.06. The van der Waals surface area contributed by atoms with E-state index in [1.54, 1.807) is 6.92 Å². The van der Waals surface area contributed by atoms with Crippen molar-refractivity contribution in [2.45, 2.75) is 44.9 Å². The van der Waals surface area contributed by atoms with E-state index in [9.17, 15) is 9.90 Å². The van der Waals surface area contributed by atoms with E-state index in [0.717, 1.165) is 36.4 Å². The summed E-state index contributed by atoms with van der Waals surface area (Å²) in [5, 5.41) is 11.4. The summed E-state index contributed by atoms with van der Waals surface area (Å²) < 4.78 is 6.07. The molecule has 5 heteroatoms. The number of carbonyl (C=O) groups is 1. The normalized spacial score (nSPS) is 15.7. The number of carboxylic acids is 1. The minimum Gasteiger partial charge on any atom is -0.489 e. The van der Waals surface area contributed by atoms with Gasteiger partial charge in [-0.05, 0) is 64.7 Å². The molecule has 1 unspecified atom stereocenters. The Bertz CT molecular complexity index is 1430. The van der Waals surface area contributed by atoms with E-state index in [1.807, 2.05) is 35.6 Å². The first-order chi connectivity index (χ1) is 18.6. The second-order valence-electron chi connectivity index (χ2n) is 9.56. The van der Waals surface area contributed by atoms with Crippen molar-refractivity contribution in [3.8, 4) is 17.6 Å². The SMILES string of the molecule is CC#C[C@@H](CC(=O)O)c1ccc(OCc2cccc(CN3CCc4sccc4C3c3ccccc3)c2)cc1. The molecule has 2 heterocycles. The second kappa shape index (κ2) is 12.1. The van der Waals surface area contributed by atoms with E-state index < -0.39 is 5.97 Å². The minimum atomic E-state index is -0.853. The van der Waals surface area contributed by atoms with Crippen LogP contribution in [0.4, 0.5) is 0 Å². The standard InChI is InChI=1S/C33H31NO3S/c1-2-7-28(21-32(35)36)26-12-14-29(15-13-26)37-23-25-9-6-8-24(20-25)22-34-18-16-31-30(17-19-38-31)33(34)27-10-4-3-5-11-27/h3-6,8-15,17,19-20,28,33H,16,18,21-23H2,1H3,(H,35,36)/t28-,33?/m0/s1. The van der Waals surface area contributed by atoms with Gasteiger partial charge in [0.2, 0.25) is 0 Å². The Kier molecular flexibility index (Phi) is 8.23. The zero-order valence-electron chi connectivity index (χ0n) is 21.5. The third-order valence-corrected chi connectivity index (χ3v) is 7.94. The zero-order chi connectivity index (χ0) is 26.3. The fraction of sp³-hybridized carbons (Fsp3) is 0.242. The molecule has 192 valence electrons. The Balaban J connectivity index is 1.26. The quantitative estimate of drug-likeness (QED) is 0.240. The van der Waals surface area contributed by atoms with Crippen LogP contribution < -0.4 is 4.74 Å². The number of benzene rings is 3. The summed E-state index contributed by atoms with van der Waals surface area (Å²) in [6.45, 7) is 4.11. The van der Waals surface area contributed by atoms with Crippen molar-refractivity contribution < 1.29 is 14.6 Å². The molecule has 1 N–H and O–H groups in total. The zero-order valence-corrected chi connectivity index (χ0v) is 22.3. The first kappa shape index (κ1) is 25.8. The Morgan fingerprint density at radius 3 is 2.61 bits per heavy atom. The predicted molar refractivity (Wildman–Crippen MR) is 152 cm³/mol. The molecule has 0 fully saturated rings. The van der Waals surface area contributed by atoms with Crippen LogP contribution in [0.3, 0.4) is 0 Å². The maximum Gasteiger partial charge on any atom is 0.304 e. The molecule has 0 saturated carbocycles. The lowest BCUT2D eigenvalue weighted by molar-refractivity contribution is -0.137. The minimum absolute atomic E-state index is 0.0102. The van der Waals surface area contributed by atoms with Gasteiger partial charge in [-0.3, -0.25) is 9.69 Å². The number of aliphatic carboxylic acids is 1. The number of rotatable bonds is 9. The van der Waals surface area contributed by atoms with Crippen molar-refractivity contribution >= 4 is 17.3 Å². The highest BCUT2D eigenvalue weighted by Gasteiger charge is 2.29. The van der Waals surface area contributed by atoms with Crippen LogP contribution in [0.1, 0.15) is 58.0 Å². The number of carboxylic acid groups (broad SMARTS) is 1. The number of nitrogens with zero attached hydrogens (tertiary/aromatic N) is 1. The van der Waals surface area contributed by atoms with Crippen molar-refractivity contribution in [1.82, 2.24) is 4.90 Å². The number of fused-ring (bicyclic) bond motifs is 1. The van der Waals surface area contributed by atoms with E-state index in [2.05, 4.69) is 82.8 Å². The first-order valence-electron chi connectivity index (χ1n) is 12.9. The number of hydrogen-bond donors (Lipinski definition) is 1. The lowest BCUT2D eigenvalue weighted by Crippen LogP contribution is -2.34. The highest BCUT2D eigenvalue weighted by atomic mass is 32.1. The van der Waals surface area contributed by atoms with Crippen LogP contribution in [0.15, 0.2) is 90.3 Å². The third kappa shape index (κ3) is 6.16. The number of thiophene rings is 1. The molecule has 5 rings (SSSR count). The van der Waals surface area contributed by atoms with Gasteiger partial charge in [-0.25, -0.2) is 0 Å². The van der Waals surface area contributed by atoms with Crippen LogP contribution >= 0.6 is 11.3 Å². The van der Waals surface area contributed by atoms with Crippen molar-refractivity contribution in [1.29, 1.82) is 0 Å². The summed E-state index contributed by atoms with van der Waals surface area (Å²) >= 11 is 1.87. The van der Waals surface area contributed by atoms with E-state index in [0.29, 0.717) is 6.61 Å². The summed E-state index contributed by atoms with van der Waals surface area (Å²) in [5.41, 5.74) is 6.06. The Hall–Kier alpha value is -3.85. The van der Waals surface area contributed by atoms with Crippen LogP contribution in [0.5, 0.6) is 5.75 Å². The van der Waals surface area contributed by atoms with Gasteiger partial charge in [-0.2, -0.15) is 0 Å².